The number of aliphatic hydroxyl groups is 1. The number of hydrogen-bond donors (Lipinski definition) is 2. The summed E-state index contributed by atoms with van der Waals surface area (Å²) in [5.41, 5.74) is -0.140. The summed E-state index contributed by atoms with van der Waals surface area (Å²) in [4.78, 5) is 0. The molecule has 16 heavy (non-hydrogen) atoms. The minimum Gasteiger partial charge on any atom is -0.394 e. The first-order valence-corrected chi connectivity index (χ1v) is 6.50. The van der Waals surface area contributed by atoms with Gasteiger partial charge in [-0.1, -0.05) is 20.8 Å². The molecule has 3 heteroatoms. The normalized spacial score (nSPS) is 15.4. The summed E-state index contributed by atoms with van der Waals surface area (Å²) >= 11 is 0. The van der Waals surface area contributed by atoms with E-state index in [1.807, 2.05) is 0 Å². The Morgan fingerprint density at radius 3 is 2.44 bits per heavy atom. The van der Waals surface area contributed by atoms with Crippen LogP contribution in [0.25, 0.3) is 0 Å². The van der Waals surface area contributed by atoms with Gasteiger partial charge in [0.15, 0.2) is 0 Å². The van der Waals surface area contributed by atoms with Crippen LogP contribution in [-0.2, 0) is 4.74 Å². The minimum absolute atomic E-state index is 0.140. The fourth-order valence-electron chi connectivity index (χ4n) is 1.86. The highest BCUT2D eigenvalue weighted by molar-refractivity contribution is 4.83. The molecule has 0 aliphatic carbocycles. The van der Waals surface area contributed by atoms with E-state index in [2.05, 4.69) is 33.0 Å². The molecule has 1 unspecified atom stereocenters. The highest BCUT2D eigenvalue weighted by atomic mass is 16.5. The van der Waals surface area contributed by atoms with Crippen molar-refractivity contribution in [2.75, 3.05) is 19.8 Å². The number of ether oxygens (including phenoxy) is 1. The Kier molecular flexibility index (Phi) is 8.90. The third-order valence-corrected chi connectivity index (χ3v) is 2.60. The molecule has 0 heterocycles. The number of nitrogens with one attached hydrogen (secondary N) is 1. The maximum absolute atomic E-state index is 9.38. The van der Waals surface area contributed by atoms with Crippen molar-refractivity contribution in [3.8, 4) is 0 Å². The highest BCUT2D eigenvalue weighted by Gasteiger charge is 2.22. The first-order valence-electron chi connectivity index (χ1n) is 6.50. The highest BCUT2D eigenvalue weighted by Crippen LogP contribution is 2.14. The average molecular weight is 231 g/mol. The zero-order valence-corrected chi connectivity index (χ0v) is 11.4. The van der Waals surface area contributed by atoms with Gasteiger partial charge in [0.05, 0.1) is 6.61 Å². The summed E-state index contributed by atoms with van der Waals surface area (Å²) < 4.78 is 5.43. The largest absolute Gasteiger partial charge is 0.394 e. The van der Waals surface area contributed by atoms with Gasteiger partial charge in [0.25, 0.3) is 0 Å². The Morgan fingerprint density at radius 1 is 1.25 bits per heavy atom. The number of rotatable bonds is 10. The van der Waals surface area contributed by atoms with Gasteiger partial charge in [-0.15, -0.1) is 0 Å². The SMILES string of the molecule is CCCOCCCCC(C)(CO)NC(C)C. The fraction of sp³-hybridized carbons (Fsp3) is 1.00. The van der Waals surface area contributed by atoms with Crippen LogP contribution in [0, 0.1) is 0 Å². The van der Waals surface area contributed by atoms with E-state index in [-0.39, 0.29) is 12.1 Å². The second kappa shape index (κ2) is 8.97. The number of hydrogen-bond acceptors (Lipinski definition) is 3. The van der Waals surface area contributed by atoms with Crippen LogP contribution in [0.15, 0.2) is 0 Å². The molecule has 0 amide bonds. The van der Waals surface area contributed by atoms with Gasteiger partial charge in [0.2, 0.25) is 0 Å². The third-order valence-electron chi connectivity index (χ3n) is 2.60. The van der Waals surface area contributed by atoms with E-state index >= 15 is 0 Å². The zero-order chi connectivity index (χ0) is 12.4. The van der Waals surface area contributed by atoms with Crippen molar-refractivity contribution in [1.29, 1.82) is 0 Å². The van der Waals surface area contributed by atoms with Gasteiger partial charge in [-0.2, -0.15) is 0 Å². The molecule has 0 rings (SSSR count). The quantitative estimate of drug-likeness (QED) is 0.567. The minimum atomic E-state index is -0.140. The lowest BCUT2D eigenvalue weighted by Crippen LogP contribution is -2.49. The van der Waals surface area contributed by atoms with E-state index in [1.165, 1.54) is 0 Å². The van der Waals surface area contributed by atoms with Crippen LogP contribution in [0.4, 0.5) is 0 Å². The van der Waals surface area contributed by atoms with E-state index in [4.69, 9.17) is 4.74 Å². The number of aliphatic hydroxyl groups excluding tert-OH is 1. The van der Waals surface area contributed by atoms with E-state index in [0.717, 1.165) is 38.9 Å². The van der Waals surface area contributed by atoms with Crippen molar-refractivity contribution in [3.05, 3.63) is 0 Å². The zero-order valence-electron chi connectivity index (χ0n) is 11.4. The summed E-state index contributed by atoms with van der Waals surface area (Å²) in [7, 11) is 0. The third kappa shape index (κ3) is 8.08. The molecule has 2 N–H and O–H groups in total. The van der Waals surface area contributed by atoms with E-state index in [0.29, 0.717) is 6.04 Å². The standard InChI is InChI=1S/C13H29NO2/c1-5-9-16-10-7-6-8-13(4,11-15)14-12(2)3/h12,14-15H,5-11H2,1-4H3. The molecule has 0 aromatic heterocycles. The molecule has 0 saturated carbocycles. The predicted octanol–water partition coefficient (Wildman–Crippen LogP) is 2.33. The van der Waals surface area contributed by atoms with Gasteiger partial charge in [-0.05, 0) is 32.6 Å². The molecule has 0 bridgehead atoms. The monoisotopic (exact) mass is 231 g/mol. The van der Waals surface area contributed by atoms with Crippen LogP contribution >= 0.6 is 0 Å². The Bertz CT molecular complexity index is 162. The summed E-state index contributed by atoms with van der Waals surface area (Å²) in [6.45, 7) is 10.3. The van der Waals surface area contributed by atoms with Crippen LogP contribution in [0.1, 0.15) is 53.4 Å². The maximum Gasteiger partial charge on any atom is 0.0610 e. The van der Waals surface area contributed by atoms with Gasteiger partial charge in [0, 0.05) is 24.8 Å². The van der Waals surface area contributed by atoms with Crippen LogP contribution in [0.2, 0.25) is 0 Å². The van der Waals surface area contributed by atoms with Crippen LogP contribution in [-0.4, -0.2) is 36.5 Å². The Morgan fingerprint density at radius 2 is 1.94 bits per heavy atom. The summed E-state index contributed by atoms with van der Waals surface area (Å²) in [6.07, 6.45) is 4.26. The summed E-state index contributed by atoms with van der Waals surface area (Å²) in [5.74, 6) is 0. The second-order valence-electron chi connectivity index (χ2n) is 5.09. The van der Waals surface area contributed by atoms with Crippen molar-refractivity contribution >= 4 is 0 Å². The van der Waals surface area contributed by atoms with Crippen molar-refractivity contribution < 1.29 is 9.84 Å². The van der Waals surface area contributed by atoms with E-state index < -0.39 is 0 Å². The molecule has 0 aromatic rings. The molecule has 1 atom stereocenters. The van der Waals surface area contributed by atoms with Crippen molar-refractivity contribution in [2.24, 2.45) is 0 Å². The molecule has 0 aliphatic rings. The van der Waals surface area contributed by atoms with Gasteiger partial charge in [-0.3, -0.25) is 0 Å². The molecule has 0 aromatic carbocycles. The molecule has 0 spiro atoms. The lowest BCUT2D eigenvalue weighted by molar-refractivity contribution is 0.120. The van der Waals surface area contributed by atoms with Crippen LogP contribution in [0.3, 0.4) is 0 Å². The Hall–Kier alpha value is -0.120. The van der Waals surface area contributed by atoms with Crippen LogP contribution < -0.4 is 5.32 Å². The molecule has 0 fully saturated rings. The molecule has 98 valence electrons. The predicted molar refractivity (Wildman–Crippen MR) is 68.7 cm³/mol. The summed E-state index contributed by atoms with van der Waals surface area (Å²) in [5, 5.41) is 12.8. The lowest BCUT2D eigenvalue weighted by Gasteiger charge is -2.31. The average Bonchev–Trinajstić information content (AvgIpc) is 2.22. The van der Waals surface area contributed by atoms with Gasteiger partial charge < -0.3 is 15.2 Å². The topological polar surface area (TPSA) is 41.5 Å². The van der Waals surface area contributed by atoms with Crippen molar-refractivity contribution in [2.45, 2.75) is 65.0 Å². The van der Waals surface area contributed by atoms with Crippen molar-refractivity contribution in [1.82, 2.24) is 5.32 Å². The first kappa shape index (κ1) is 15.9. The maximum atomic E-state index is 9.38. The molecular formula is C13H29NO2. The smallest absolute Gasteiger partial charge is 0.0610 e. The number of unbranched alkanes of at least 4 members (excludes halogenated alkanes) is 1. The Balaban J connectivity index is 3.61. The van der Waals surface area contributed by atoms with E-state index in [1.54, 1.807) is 0 Å². The second-order valence-corrected chi connectivity index (χ2v) is 5.09. The van der Waals surface area contributed by atoms with Gasteiger partial charge >= 0.3 is 0 Å². The molecule has 0 saturated heterocycles. The van der Waals surface area contributed by atoms with Gasteiger partial charge in [-0.25, -0.2) is 0 Å². The lowest BCUT2D eigenvalue weighted by atomic mass is 9.95. The Labute approximate surface area is 101 Å². The van der Waals surface area contributed by atoms with Crippen LogP contribution in [0.5, 0.6) is 0 Å². The molecule has 3 nitrogen and oxygen atoms in total. The fourth-order valence-corrected chi connectivity index (χ4v) is 1.86. The first-order chi connectivity index (χ1) is 7.54. The molecular weight excluding hydrogens is 202 g/mol. The molecule has 0 radical (unpaired) electrons. The summed E-state index contributed by atoms with van der Waals surface area (Å²) in [6, 6.07) is 0.411. The van der Waals surface area contributed by atoms with Gasteiger partial charge in [0.1, 0.15) is 0 Å². The van der Waals surface area contributed by atoms with Crippen molar-refractivity contribution in [3.63, 3.8) is 0 Å². The van der Waals surface area contributed by atoms with E-state index in [9.17, 15) is 5.11 Å². The molecule has 0 aliphatic heterocycles.